The van der Waals surface area contributed by atoms with Crippen LogP contribution in [0.5, 0.6) is 0 Å². The molecule has 1 aromatic heterocycles. The van der Waals surface area contributed by atoms with Gasteiger partial charge in [0.05, 0.1) is 17.7 Å². The number of hydrogen-bond donors (Lipinski definition) is 2. The summed E-state index contributed by atoms with van der Waals surface area (Å²) in [5.74, 6) is -0.365. The predicted molar refractivity (Wildman–Crippen MR) is 132 cm³/mol. The fourth-order valence-corrected chi connectivity index (χ4v) is 5.22. The fourth-order valence-electron chi connectivity index (χ4n) is 4.16. The average Bonchev–Trinajstić information content (AvgIpc) is 3.36. The number of nitriles is 2. The van der Waals surface area contributed by atoms with Gasteiger partial charge in [0.15, 0.2) is 0 Å². The van der Waals surface area contributed by atoms with Gasteiger partial charge >= 0.3 is 0 Å². The van der Waals surface area contributed by atoms with Crippen LogP contribution < -0.4 is 10.6 Å². The zero-order valence-corrected chi connectivity index (χ0v) is 20.6. The number of likely N-dealkylation sites (N-methyl/N-ethyl adjacent to an activating group) is 1. The Hall–Kier alpha value is -3.60. The lowest BCUT2D eigenvalue weighted by atomic mass is 10.0. The summed E-state index contributed by atoms with van der Waals surface area (Å²) in [4.78, 5) is 33.1. The van der Waals surface area contributed by atoms with E-state index < -0.39 is 11.2 Å². The molecular formula is C25H28N6O3S. The number of thioether (sulfide) groups is 1. The summed E-state index contributed by atoms with van der Waals surface area (Å²) in [7, 11) is 1.67. The molecule has 1 saturated heterocycles. The van der Waals surface area contributed by atoms with Crippen molar-refractivity contribution in [3.63, 3.8) is 0 Å². The van der Waals surface area contributed by atoms with Gasteiger partial charge in [0.2, 0.25) is 11.8 Å². The average molecular weight is 493 g/mol. The number of nitrogens with zero attached hydrogens (tertiary/aromatic N) is 5. The Morgan fingerprint density at radius 3 is 2.51 bits per heavy atom. The van der Waals surface area contributed by atoms with E-state index in [1.807, 2.05) is 13.0 Å². The number of aliphatic hydroxyl groups is 1. The molecule has 2 atom stereocenters. The summed E-state index contributed by atoms with van der Waals surface area (Å²) < 4.78 is 0. The van der Waals surface area contributed by atoms with Crippen molar-refractivity contribution in [1.82, 2.24) is 9.88 Å². The molecule has 1 aliphatic rings. The van der Waals surface area contributed by atoms with Crippen LogP contribution in [0.25, 0.3) is 0 Å². The number of aromatic nitrogens is 1. The molecule has 0 aliphatic carbocycles. The van der Waals surface area contributed by atoms with Crippen LogP contribution in [-0.2, 0) is 16.0 Å². The highest BCUT2D eigenvalue weighted by molar-refractivity contribution is 8.00. The van der Waals surface area contributed by atoms with Gasteiger partial charge in [-0.15, -0.1) is 0 Å². The molecule has 0 radical (unpaired) electrons. The number of amides is 2. The smallest absolute Gasteiger partial charge is 0.242 e. The highest BCUT2D eigenvalue weighted by Gasteiger charge is 2.29. The van der Waals surface area contributed by atoms with Gasteiger partial charge in [0, 0.05) is 32.7 Å². The van der Waals surface area contributed by atoms with E-state index in [1.165, 1.54) is 0 Å². The van der Waals surface area contributed by atoms with E-state index in [0.29, 0.717) is 30.6 Å². The van der Waals surface area contributed by atoms with Crippen molar-refractivity contribution in [3.05, 3.63) is 52.6 Å². The van der Waals surface area contributed by atoms with Gasteiger partial charge in [-0.2, -0.15) is 10.5 Å². The van der Waals surface area contributed by atoms with Crippen molar-refractivity contribution in [2.75, 3.05) is 38.2 Å². The van der Waals surface area contributed by atoms with Crippen LogP contribution in [0.2, 0.25) is 0 Å². The van der Waals surface area contributed by atoms with Crippen molar-refractivity contribution in [3.8, 4) is 12.1 Å². The number of primary amides is 1. The molecule has 35 heavy (non-hydrogen) atoms. The molecule has 9 nitrogen and oxygen atoms in total. The lowest BCUT2D eigenvalue weighted by Gasteiger charge is -2.25. The van der Waals surface area contributed by atoms with Crippen LogP contribution in [0.1, 0.15) is 40.8 Å². The maximum atomic E-state index is 12.9. The van der Waals surface area contributed by atoms with Gasteiger partial charge in [0.25, 0.3) is 0 Å². The lowest BCUT2D eigenvalue weighted by Crippen LogP contribution is -2.38. The number of carbonyl (C=O) groups is 2. The number of anilines is 1. The molecule has 0 saturated carbocycles. The van der Waals surface area contributed by atoms with E-state index in [-0.39, 0.29) is 46.9 Å². The summed E-state index contributed by atoms with van der Waals surface area (Å²) >= 11 is 1.06. The fraction of sp³-hybridized carbons (Fsp3) is 0.400. The Kier molecular flexibility index (Phi) is 8.69. The summed E-state index contributed by atoms with van der Waals surface area (Å²) in [6.07, 6.45) is 1.15. The van der Waals surface area contributed by atoms with Gasteiger partial charge in [-0.1, -0.05) is 49.0 Å². The Morgan fingerprint density at radius 1 is 1.29 bits per heavy atom. The third-order valence-corrected chi connectivity index (χ3v) is 7.31. The van der Waals surface area contributed by atoms with E-state index in [1.54, 1.807) is 41.1 Å². The maximum absolute atomic E-state index is 12.9. The molecule has 2 amide bonds. The minimum absolute atomic E-state index is 0.0169. The number of likely N-dealkylation sites (tertiary alicyclic amines) is 1. The molecule has 10 heteroatoms. The van der Waals surface area contributed by atoms with Gasteiger partial charge in [-0.05, 0) is 24.0 Å². The number of benzene rings is 1. The first-order valence-electron chi connectivity index (χ1n) is 11.3. The second-order valence-electron chi connectivity index (χ2n) is 8.39. The lowest BCUT2D eigenvalue weighted by molar-refractivity contribution is -0.128. The number of aliphatic hydroxyl groups excluding tert-OH is 1. The van der Waals surface area contributed by atoms with Gasteiger partial charge in [-0.3, -0.25) is 9.59 Å². The van der Waals surface area contributed by atoms with E-state index in [2.05, 4.69) is 17.1 Å². The zero-order valence-electron chi connectivity index (χ0n) is 19.8. The summed E-state index contributed by atoms with van der Waals surface area (Å²) in [6.45, 7) is 2.92. The van der Waals surface area contributed by atoms with Crippen molar-refractivity contribution in [1.29, 1.82) is 10.5 Å². The third-order valence-electron chi connectivity index (χ3n) is 6.05. The largest absolute Gasteiger partial charge is 0.396 e. The van der Waals surface area contributed by atoms with Crippen LogP contribution in [-0.4, -0.2) is 60.1 Å². The third kappa shape index (κ3) is 5.73. The molecule has 182 valence electrons. The molecule has 1 aliphatic heterocycles. The molecule has 0 bridgehead atoms. The number of pyridine rings is 1. The first-order valence-corrected chi connectivity index (χ1v) is 12.2. The molecule has 0 spiro atoms. The first kappa shape index (κ1) is 26.0. The van der Waals surface area contributed by atoms with Gasteiger partial charge in [-0.25, -0.2) is 4.98 Å². The van der Waals surface area contributed by atoms with Crippen LogP contribution in [0.4, 0.5) is 5.82 Å². The van der Waals surface area contributed by atoms with Crippen molar-refractivity contribution < 1.29 is 14.7 Å². The quantitative estimate of drug-likeness (QED) is 0.505. The van der Waals surface area contributed by atoms with E-state index in [9.17, 15) is 25.2 Å². The molecule has 1 fully saturated rings. The summed E-state index contributed by atoms with van der Waals surface area (Å²) in [5, 5.41) is 28.7. The predicted octanol–water partition coefficient (Wildman–Crippen LogP) is 1.98. The number of carbonyl (C=O) groups excluding carboxylic acids is 2. The summed E-state index contributed by atoms with van der Waals surface area (Å²) in [6, 6.07) is 13.3. The number of rotatable bonds is 9. The standard InChI is InChI=1S/C25H28N6O3S/c1-3-18-19(11-26)24(30(2)14-21(33)31-10-9-16(13-31)15-32)29-25(20(18)12-27)35-22(23(28)34)17-7-5-4-6-8-17/h4-8,16,22,32H,3,9-10,13-15H2,1-2H3,(H2,28,34)/t16-,22?/m0/s1. The number of hydrogen-bond acceptors (Lipinski definition) is 8. The van der Waals surface area contributed by atoms with Crippen LogP contribution in [0.15, 0.2) is 35.4 Å². The van der Waals surface area contributed by atoms with Gasteiger partial charge < -0.3 is 20.6 Å². The zero-order chi connectivity index (χ0) is 25.5. The Morgan fingerprint density at radius 2 is 1.97 bits per heavy atom. The van der Waals surface area contributed by atoms with Crippen molar-refractivity contribution >= 4 is 29.4 Å². The maximum Gasteiger partial charge on any atom is 0.242 e. The molecular weight excluding hydrogens is 464 g/mol. The molecule has 2 heterocycles. The topological polar surface area (TPSA) is 147 Å². The molecule has 2 aromatic rings. The molecule has 1 aromatic carbocycles. The Bertz CT molecular complexity index is 1170. The van der Waals surface area contributed by atoms with Crippen molar-refractivity contribution in [2.24, 2.45) is 11.7 Å². The minimum atomic E-state index is -0.784. The minimum Gasteiger partial charge on any atom is -0.396 e. The SMILES string of the molecule is CCc1c(C#N)c(SC(C(N)=O)c2ccccc2)nc(N(C)CC(=O)N2CC[C@H](CO)C2)c1C#N. The van der Waals surface area contributed by atoms with Gasteiger partial charge in [0.1, 0.15) is 28.2 Å². The monoisotopic (exact) mass is 492 g/mol. The van der Waals surface area contributed by atoms with Crippen LogP contribution >= 0.6 is 11.8 Å². The van der Waals surface area contributed by atoms with Crippen LogP contribution in [0.3, 0.4) is 0 Å². The van der Waals surface area contributed by atoms with E-state index in [4.69, 9.17) is 5.73 Å². The first-order chi connectivity index (χ1) is 16.8. The van der Waals surface area contributed by atoms with E-state index in [0.717, 1.165) is 18.2 Å². The second-order valence-corrected chi connectivity index (χ2v) is 9.48. The molecule has 1 unspecified atom stereocenters. The number of nitrogens with two attached hydrogens (primary N) is 1. The Labute approximate surface area is 209 Å². The van der Waals surface area contributed by atoms with Crippen LogP contribution in [0, 0.1) is 28.6 Å². The normalized spacial score (nSPS) is 15.8. The van der Waals surface area contributed by atoms with Crippen molar-refractivity contribution in [2.45, 2.75) is 30.0 Å². The molecule has 3 N–H and O–H groups in total. The van der Waals surface area contributed by atoms with E-state index >= 15 is 0 Å². The Balaban J connectivity index is 1.99. The summed E-state index contributed by atoms with van der Waals surface area (Å²) in [5.41, 5.74) is 7.34. The second kappa shape index (κ2) is 11.7. The molecule has 3 rings (SSSR count). The highest BCUT2D eigenvalue weighted by atomic mass is 32.2. The highest BCUT2D eigenvalue weighted by Crippen LogP contribution is 2.39.